The van der Waals surface area contributed by atoms with Crippen molar-refractivity contribution in [3.05, 3.63) is 0 Å². The fourth-order valence-corrected chi connectivity index (χ4v) is 0.756. The summed E-state index contributed by atoms with van der Waals surface area (Å²) in [6.07, 6.45) is 0.695. The zero-order valence-electron chi connectivity index (χ0n) is 5.55. The van der Waals surface area contributed by atoms with Gasteiger partial charge in [-0.1, -0.05) is 6.92 Å². The molecule has 0 bridgehead atoms. The molecule has 0 fully saturated rings. The standard InChI is InChI=1S/C4H11NO3S/c1-3-4-8-9(6,7)5-2/h5H,3-4H2,1-2H3. The third-order valence-electron chi connectivity index (χ3n) is 0.693. The van der Waals surface area contributed by atoms with Gasteiger partial charge in [-0.15, -0.1) is 0 Å². The maximum atomic E-state index is 10.4. The highest BCUT2D eigenvalue weighted by atomic mass is 32.2. The molecule has 1 N–H and O–H groups in total. The number of nitrogens with one attached hydrogen (secondary N) is 1. The van der Waals surface area contributed by atoms with Crippen molar-refractivity contribution in [3.63, 3.8) is 0 Å². The molecular weight excluding hydrogens is 142 g/mol. The molecule has 0 aliphatic heterocycles. The fourth-order valence-electron chi connectivity index (χ4n) is 0.252. The normalized spacial score (nSPS) is 11.8. The first-order chi connectivity index (χ1) is 4.12. The average molecular weight is 153 g/mol. The Morgan fingerprint density at radius 2 is 2.11 bits per heavy atom. The molecule has 0 heterocycles. The van der Waals surface area contributed by atoms with E-state index in [9.17, 15) is 8.42 Å². The second kappa shape index (κ2) is 3.81. The van der Waals surface area contributed by atoms with Gasteiger partial charge >= 0.3 is 10.3 Å². The largest absolute Gasteiger partial charge is 0.335 e. The monoisotopic (exact) mass is 153 g/mol. The van der Waals surface area contributed by atoms with Crippen LogP contribution in [0.2, 0.25) is 0 Å². The molecule has 0 unspecified atom stereocenters. The van der Waals surface area contributed by atoms with Crippen molar-refractivity contribution < 1.29 is 12.6 Å². The number of hydrogen-bond acceptors (Lipinski definition) is 3. The summed E-state index contributed by atoms with van der Waals surface area (Å²) in [7, 11) is -2.12. The van der Waals surface area contributed by atoms with Gasteiger partial charge in [0.05, 0.1) is 6.61 Å². The van der Waals surface area contributed by atoms with Crippen LogP contribution in [0.5, 0.6) is 0 Å². The Hall–Kier alpha value is -0.130. The summed E-state index contributed by atoms with van der Waals surface area (Å²) in [5.41, 5.74) is 0. The van der Waals surface area contributed by atoms with Crippen molar-refractivity contribution in [2.45, 2.75) is 13.3 Å². The van der Waals surface area contributed by atoms with Crippen LogP contribution in [-0.2, 0) is 14.5 Å². The molecule has 0 radical (unpaired) electrons. The lowest BCUT2D eigenvalue weighted by Gasteiger charge is -1.99. The van der Waals surface area contributed by atoms with Crippen LogP contribution < -0.4 is 4.72 Å². The Morgan fingerprint density at radius 1 is 1.56 bits per heavy atom. The molecule has 0 aliphatic carbocycles. The molecule has 0 saturated carbocycles. The highest BCUT2D eigenvalue weighted by Gasteiger charge is 2.03. The lowest BCUT2D eigenvalue weighted by molar-refractivity contribution is 0.313. The molecule has 0 saturated heterocycles. The maximum absolute atomic E-state index is 10.4. The summed E-state index contributed by atoms with van der Waals surface area (Å²) >= 11 is 0. The van der Waals surface area contributed by atoms with Crippen molar-refractivity contribution in [3.8, 4) is 0 Å². The van der Waals surface area contributed by atoms with Gasteiger partial charge < -0.3 is 0 Å². The quantitative estimate of drug-likeness (QED) is 0.612. The summed E-state index contributed by atoms with van der Waals surface area (Å²) in [6, 6.07) is 0. The Balaban J connectivity index is 3.61. The first-order valence-corrected chi connectivity index (χ1v) is 4.11. The van der Waals surface area contributed by atoms with E-state index in [4.69, 9.17) is 0 Å². The molecule has 0 aromatic rings. The zero-order chi connectivity index (χ0) is 7.33. The van der Waals surface area contributed by atoms with Gasteiger partial charge in [0, 0.05) is 7.05 Å². The van der Waals surface area contributed by atoms with Gasteiger partial charge in [-0.3, -0.25) is 4.18 Å². The van der Waals surface area contributed by atoms with Crippen molar-refractivity contribution in [1.82, 2.24) is 4.72 Å². The lowest BCUT2D eigenvalue weighted by atomic mass is 10.5. The van der Waals surface area contributed by atoms with Crippen molar-refractivity contribution >= 4 is 10.3 Å². The first-order valence-electron chi connectivity index (χ1n) is 2.70. The van der Waals surface area contributed by atoms with E-state index in [2.05, 4.69) is 4.18 Å². The first kappa shape index (κ1) is 8.87. The van der Waals surface area contributed by atoms with Gasteiger partial charge in [0.1, 0.15) is 0 Å². The number of rotatable bonds is 4. The molecule has 0 aliphatic rings. The molecule has 0 amide bonds. The van der Waals surface area contributed by atoms with Crippen LogP contribution in [0, 0.1) is 0 Å². The van der Waals surface area contributed by atoms with Gasteiger partial charge in [-0.25, -0.2) is 0 Å². The van der Waals surface area contributed by atoms with Crippen molar-refractivity contribution in [2.24, 2.45) is 0 Å². The van der Waals surface area contributed by atoms with Gasteiger partial charge in [-0.2, -0.15) is 13.1 Å². The smallest absolute Gasteiger partial charge is 0.258 e. The predicted octanol–water partition coefficient (Wildman–Crippen LogP) is -0.123. The summed E-state index contributed by atoms with van der Waals surface area (Å²) in [6.45, 7) is 2.08. The van der Waals surface area contributed by atoms with Gasteiger partial charge in [0.25, 0.3) is 0 Å². The third kappa shape index (κ3) is 4.38. The van der Waals surface area contributed by atoms with Crippen LogP contribution >= 0.6 is 0 Å². The molecule has 0 atom stereocenters. The lowest BCUT2D eigenvalue weighted by Crippen LogP contribution is -2.21. The Bertz CT molecular complexity index is 151. The minimum Gasteiger partial charge on any atom is -0.258 e. The third-order valence-corrected chi connectivity index (χ3v) is 1.67. The molecule has 0 aromatic carbocycles. The molecule has 0 aromatic heterocycles. The van der Waals surface area contributed by atoms with E-state index < -0.39 is 10.3 Å². The Morgan fingerprint density at radius 3 is 2.44 bits per heavy atom. The van der Waals surface area contributed by atoms with E-state index in [-0.39, 0.29) is 6.61 Å². The van der Waals surface area contributed by atoms with Crippen LogP contribution in [-0.4, -0.2) is 22.1 Å². The van der Waals surface area contributed by atoms with Crippen LogP contribution in [0.15, 0.2) is 0 Å². The molecule has 56 valence electrons. The summed E-state index contributed by atoms with van der Waals surface area (Å²) in [5, 5.41) is 0. The van der Waals surface area contributed by atoms with Crippen molar-refractivity contribution in [2.75, 3.05) is 13.7 Å². The van der Waals surface area contributed by atoms with E-state index in [1.807, 2.05) is 11.6 Å². The molecule has 9 heavy (non-hydrogen) atoms. The van der Waals surface area contributed by atoms with Gasteiger partial charge in [0.15, 0.2) is 0 Å². The number of hydrogen-bond donors (Lipinski definition) is 1. The van der Waals surface area contributed by atoms with Crippen LogP contribution in [0.25, 0.3) is 0 Å². The van der Waals surface area contributed by atoms with E-state index in [0.29, 0.717) is 6.42 Å². The molecule has 5 heteroatoms. The topological polar surface area (TPSA) is 55.4 Å². The van der Waals surface area contributed by atoms with Crippen LogP contribution in [0.3, 0.4) is 0 Å². The highest BCUT2D eigenvalue weighted by molar-refractivity contribution is 7.84. The van der Waals surface area contributed by atoms with Crippen LogP contribution in [0.4, 0.5) is 0 Å². The molecule has 0 spiro atoms. The SMILES string of the molecule is CCCOS(=O)(=O)NC. The van der Waals surface area contributed by atoms with E-state index in [1.165, 1.54) is 7.05 Å². The van der Waals surface area contributed by atoms with E-state index in [1.54, 1.807) is 0 Å². The Kier molecular flexibility index (Phi) is 3.76. The summed E-state index contributed by atoms with van der Waals surface area (Å²) in [5.74, 6) is 0. The predicted molar refractivity (Wildman–Crippen MR) is 34.2 cm³/mol. The maximum Gasteiger partial charge on any atom is 0.335 e. The molecule has 4 nitrogen and oxygen atoms in total. The minimum absolute atomic E-state index is 0.239. The average Bonchev–Trinajstić information content (AvgIpc) is 1.84. The minimum atomic E-state index is -3.43. The molecule has 0 rings (SSSR count). The van der Waals surface area contributed by atoms with Gasteiger partial charge in [-0.05, 0) is 6.42 Å². The molecular formula is C4H11NO3S. The zero-order valence-corrected chi connectivity index (χ0v) is 6.36. The fraction of sp³-hybridized carbons (Fsp3) is 1.00. The highest BCUT2D eigenvalue weighted by Crippen LogP contribution is 1.86. The van der Waals surface area contributed by atoms with E-state index >= 15 is 0 Å². The van der Waals surface area contributed by atoms with Crippen molar-refractivity contribution in [1.29, 1.82) is 0 Å². The Labute approximate surface area is 55.5 Å². The summed E-state index contributed by atoms with van der Waals surface area (Å²) < 4.78 is 27.3. The van der Waals surface area contributed by atoms with Gasteiger partial charge in [0.2, 0.25) is 0 Å². The van der Waals surface area contributed by atoms with E-state index in [0.717, 1.165) is 0 Å². The second-order valence-corrected chi connectivity index (χ2v) is 3.03. The summed E-state index contributed by atoms with van der Waals surface area (Å²) in [4.78, 5) is 0. The van der Waals surface area contributed by atoms with Crippen LogP contribution in [0.1, 0.15) is 13.3 Å². The second-order valence-electron chi connectivity index (χ2n) is 1.48.